The number of hydrogen-bond acceptors (Lipinski definition) is 2. The molecule has 110 valence electrons. The summed E-state index contributed by atoms with van der Waals surface area (Å²) in [6.45, 7) is 7.86. The lowest BCUT2D eigenvalue weighted by Gasteiger charge is -2.29. The maximum atomic E-state index is 12.1. The van der Waals surface area contributed by atoms with Gasteiger partial charge in [-0.15, -0.1) is 0 Å². The zero-order valence-electron chi connectivity index (χ0n) is 12.7. The van der Waals surface area contributed by atoms with Crippen LogP contribution in [0.2, 0.25) is 0 Å². The summed E-state index contributed by atoms with van der Waals surface area (Å²) < 4.78 is 0. The minimum absolute atomic E-state index is 0.0136. The van der Waals surface area contributed by atoms with E-state index in [9.17, 15) is 9.59 Å². The highest BCUT2D eigenvalue weighted by molar-refractivity contribution is 5.87. The molecule has 0 saturated carbocycles. The van der Waals surface area contributed by atoms with Gasteiger partial charge in [-0.25, -0.2) is 0 Å². The Morgan fingerprint density at radius 2 is 1.75 bits per heavy atom. The molecule has 20 heavy (non-hydrogen) atoms. The monoisotopic (exact) mass is 276 g/mol. The lowest BCUT2D eigenvalue weighted by Crippen LogP contribution is -2.48. The molecule has 0 bridgehead atoms. The van der Waals surface area contributed by atoms with Crippen LogP contribution in [-0.4, -0.2) is 28.8 Å². The lowest BCUT2D eigenvalue weighted by molar-refractivity contribution is -0.140. The molecule has 1 N–H and O–H groups in total. The van der Waals surface area contributed by atoms with Crippen molar-refractivity contribution < 1.29 is 9.59 Å². The summed E-state index contributed by atoms with van der Waals surface area (Å²) in [5, 5.41) is 2.85. The van der Waals surface area contributed by atoms with Crippen molar-refractivity contribution in [3.63, 3.8) is 0 Å². The van der Waals surface area contributed by atoms with Gasteiger partial charge in [0.25, 0.3) is 0 Å². The first-order chi connectivity index (χ1) is 9.45. The highest BCUT2D eigenvalue weighted by Gasteiger charge is 2.25. The van der Waals surface area contributed by atoms with E-state index in [0.717, 1.165) is 5.56 Å². The van der Waals surface area contributed by atoms with Crippen molar-refractivity contribution >= 4 is 11.8 Å². The standard InChI is InChI=1S/C16H24N2O2/c1-5-15(19)18(11-14-9-7-6-8-10-14)13(4)16(20)17-12(2)3/h6-10,12-13H,5,11H2,1-4H3,(H,17,20)/t13-/m1/s1. The van der Waals surface area contributed by atoms with E-state index in [1.165, 1.54) is 0 Å². The molecule has 1 atom stereocenters. The second-order valence-electron chi connectivity index (χ2n) is 5.20. The first-order valence-corrected chi connectivity index (χ1v) is 7.09. The number of carbonyl (C=O) groups excluding carboxylic acids is 2. The molecule has 0 fully saturated rings. The van der Waals surface area contributed by atoms with E-state index in [1.807, 2.05) is 51.1 Å². The molecule has 0 spiro atoms. The van der Waals surface area contributed by atoms with Crippen LogP contribution in [0.5, 0.6) is 0 Å². The fraction of sp³-hybridized carbons (Fsp3) is 0.500. The van der Waals surface area contributed by atoms with Crippen molar-refractivity contribution in [3.8, 4) is 0 Å². The Hall–Kier alpha value is -1.84. The first-order valence-electron chi connectivity index (χ1n) is 7.09. The van der Waals surface area contributed by atoms with Gasteiger partial charge < -0.3 is 10.2 Å². The van der Waals surface area contributed by atoms with Gasteiger partial charge in [-0.3, -0.25) is 9.59 Å². The van der Waals surface area contributed by atoms with Gasteiger partial charge in [-0.1, -0.05) is 37.3 Å². The third kappa shape index (κ3) is 4.68. The topological polar surface area (TPSA) is 49.4 Å². The predicted octanol–water partition coefficient (Wildman–Crippen LogP) is 2.34. The number of carbonyl (C=O) groups is 2. The average molecular weight is 276 g/mol. The SMILES string of the molecule is CCC(=O)N(Cc1ccccc1)[C@H](C)C(=O)NC(C)C. The zero-order valence-corrected chi connectivity index (χ0v) is 12.7. The maximum Gasteiger partial charge on any atom is 0.242 e. The smallest absolute Gasteiger partial charge is 0.242 e. The molecule has 4 heteroatoms. The fourth-order valence-electron chi connectivity index (χ4n) is 1.97. The molecule has 0 unspecified atom stereocenters. The summed E-state index contributed by atoms with van der Waals surface area (Å²) in [7, 11) is 0. The molecule has 1 rings (SSSR count). The normalized spacial score (nSPS) is 12.1. The Balaban J connectivity index is 2.84. The van der Waals surface area contributed by atoms with E-state index in [4.69, 9.17) is 0 Å². The second kappa shape index (κ2) is 7.68. The summed E-state index contributed by atoms with van der Waals surface area (Å²) >= 11 is 0. The number of nitrogens with one attached hydrogen (secondary N) is 1. The van der Waals surface area contributed by atoms with E-state index in [2.05, 4.69) is 5.32 Å². The van der Waals surface area contributed by atoms with Gasteiger partial charge in [-0.05, 0) is 26.3 Å². The number of nitrogens with zero attached hydrogens (tertiary/aromatic N) is 1. The van der Waals surface area contributed by atoms with Crippen molar-refractivity contribution in [2.24, 2.45) is 0 Å². The summed E-state index contributed by atoms with van der Waals surface area (Å²) in [6, 6.07) is 9.33. The van der Waals surface area contributed by atoms with Gasteiger partial charge in [-0.2, -0.15) is 0 Å². The van der Waals surface area contributed by atoms with Crippen LogP contribution in [0, 0.1) is 0 Å². The van der Waals surface area contributed by atoms with Gasteiger partial charge >= 0.3 is 0 Å². The van der Waals surface area contributed by atoms with Crippen LogP contribution in [-0.2, 0) is 16.1 Å². The largest absolute Gasteiger partial charge is 0.352 e. The van der Waals surface area contributed by atoms with E-state index in [1.54, 1.807) is 11.8 Å². The van der Waals surface area contributed by atoms with Gasteiger partial charge in [0.15, 0.2) is 0 Å². The minimum Gasteiger partial charge on any atom is -0.352 e. The van der Waals surface area contributed by atoms with E-state index in [0.29, 0.717) is 13.0 Å². The molecule has 0 aliphatic heterocycles. The summed E-state index contributed by atoms with van der Waals surface area (Å²) in [6.07, 6.45) is 0.395. The molecule has 0 heterocycles. The minimum atomic E-state index is -0.468. The summed E-state index contributed by atoms with van der Waals surface area (Å²) in [5.41, 5.74) is 1.03. The van der Waals surface area contributed by atoms with Crippen LogP contribution < -0.4 is 5.32 Å². The molecule has 1 aromatic rings. The van der Waals surface area contributed by atoms with Crippen molar-refractivity contribution in [1.82, 2.24) is 10.2 Å². The molecule has 0 aromatic heterocycles. The number of amides is 2. The fourth-order valence-corrected chi connectivity index (χ4v) is 1.97. The van der Waals surface area contributed by atoms with Gasteiger partial charge in [0.05, 0.1) is 0 Å². The Labute approximate surface area is 121 Å². The molecule has 2 amide bonds. The van der Waals surface area contributed by atoms with E-state index >= 15 is 0 Å². The maximum absolute atomic E-state index is 12.1. The van der Waals surface area contributed by atoms with E-state index in [-0.39, 0.29) is 17.9 Å². The van der Waals surface area contributed by atoms with Crippen molar-refractivity contribution in [1.29, 1.82) is 0 Å². The van der Waals surface area contributed by atoms with Crippen LogP contribution in [0.3, 0.4) is 0 Å². The molecule has 0 aliphatic carbocycles. The van der Waals surface area contributed by atoms with Gasteiger partial charge in [0, 0.05) is 19.0 Å². The van der Waals surface area contributed by atoms with Crippen molar-refractivity contribution in [2.75, 3.05) is 0 Å². The Kier molecular flexibility index (Phi) is 6.22. The van der Waals surface area contributed by atoms with E-state index < -0.39 is 6.04 Å². The highest BCUT2D eigenvalue weighted by atomic mass is 16.2. The van der Waals surface area contributed by atoms with Gasteiger partial charge in [0.1, 0.15) is 6.04 Å². The number of rotatable bonds is 6. The average Bonchev–Trinajstić information content (AvgIpc) is 2.43. The Morgan fingerprint density at radius 3 is 2.25 bits per heavy atom. The zero-order chi connectivity index (χ0) is 15.1. The molecule has 0 radical (unpaired) electrons. The first kappa shape index (κ1) is 16.2. The lowest BCUT2D eigenvalue weighted by atomic mass is 10.1. The Bertz CT molecular complexity index is 443. The van der Waals surface area contributed by atoms with Crippen LogP contribution in [0.25, 0.3) is 0 Å². The summed E-state index contributed by atoms with van der Waals surface area (Å²) in [5.74, 6) is -0.127. The molecule has 0 saturated heterocycles. The molecule has 4 nitrogen and oxygen atoms in total. The third-order valence-corrected chi connectivity index (χ3v) is 3.10. The number of benzene rings is 1. The second-order valence-corrected chi connectivity index (χ2v) is 5.20. The predicted molar refractivity (Wildman–Crippen MR) is 80.0 cm³/mol. The highest BCUT2D eigenvalue weighted by Crippen LogP contribution is 2.10. The van der Waals surface area contributed by atoms with Crippen LogP contribution in [0.1, 0.15) is 39.7 Å². The third-order valence-electron chi connectivity index (χ3n) is 3.10. The quantitative estimate of drug-likeness (QED) is 0.867. The van der Waals surface area contributed by atoms with Crippen LogP contribution in [0.4, 0.5) is 0 Å². The van der Waals surface area contributed by atoms with Crippen molar-refractivity contribution in [3.05, 3.63) is 35.9 Å². The van der Waals surface area contributed by atoms with Crippen LogP contribution >= 0.6 is 0 Å². The van der Waals surface area contributed by atoms with Gasteiger partial charge in [0.2, 0.25) is 11.8 Å². The van der Waals surface area contributed by atoms with Crippen LogP contribution in [0.15, 0.2) is 30.3 Å². The molecular weight excluding hydrogens is 252 g/mol. The molecule has 0 aliphatic rings. The molecule has 1 aromatic carbocycles. The number of hydrogen-bond donors (Lipinski definition) is 1. The molecular formula is C16H24N2O2. The Morgan fingerprint density at radius 1 is 1.15 bits per heavy atom. The van der Waals surface area contributed by atoms with Crippen molar-refractivity contribution in [2.45, 2.75) is 52.7 Å². The summed E-state index contributed by atoms with van der Waals surface area (Å²) in [4.78, 5) is 25.8.